The summed E-state index contributed by atoms with van der Waals surface area (Å²) in [6, 6.07) is 14.5. The van der Waals surface area contributed by atoms with E-state index in [4.69, 9.17) is 5.11 Å². The van der Waals surface area contributed by atoms with E-state index in [2.05, 4.69) is 20.9 Å². The lowest BCUT2D eigenvalue weighted by atomic mass is 10.1. The minimum Gasteiger partial charge on any atom is -0.478 e. The van der Waals surface area contributed by atoms with Gasteiger partial charge in [-0.05, 0) is 41.5 Å². The highest BCUT2D eigenvalue weighted by molar-refractivity contribution is 5.98. The van der Waals surface area contributed by atoms with Gasteiger partial charge >= 0.3 is 5.97 Å². The van der Waals surface area contributed by atoms with E-state index in [1.54, 1.807) is 18.2 Å². The number of carbonyl (C=O) groups excluding carboxylic acids is 1. The van der Waals surface area contributed by atoms with Gasteiger partial charge in [0.2, 0.25) is 0 Å². The molecule has 0 unspecified atom stereocenters. The number of benzene rings is 2. The van der Waals surface area contributed by atoms with Gasteiger partial charge in [-0.2, -0.15) is 0 Å². The largest absolute Gasteiger partial charge is 0.478 e. The molecule has 0 fully saturated rings. The average Bonchev–Trinajstić information content (AvgIpc) is 3.18. The molecule has 0 saturated carbocycles. The molecule has 4 N–H and O–H groups in total. The van der Waals surface area contributed by atoms with Gasteiger partial charge in [0.05, 0.1) is 6.54 Å². The first-order valence-corrected chi connectivity index (χ1v) is 8.54. The Morgan fingerprint density at radius 1 is 1.19 bits per heavy atom. The number of amides is 1. The van der Waals surface area contributed by atoms with Crippen molar-refractivity contribution in [3.8, 4) is 0 Å². The first-order chi connectivity index (χ1) is 13.1. The van der Waals surface area contributed by atoms with Crippen molar-refractivity contribution in [1.29, 1.82) is 0 Å². The fourth-order valence-corrected chi connectivity index (χ4v) is 2.62. The van der Waals surface area contributed by atoms with Gasteiger partial charge in [-0.25, -0.2) is 4.79 Å². The van der Waals surface area contributed by atoms with Crippen LogP contribution in [0, 0.1) is 0 Å². The second-order valence-electron chi connectivity index (χ2n) is 5.96. The Labute approximate surface area is 156 Å². The normalized spacial score (nSPS) is 13.1. The number of hydrogen-bond donors (Lipinski definition) is 4. The third-order valence-corrected chi connectivity index (χ3v) is 3.88. The number of rotatable bonds is 6. The molecule has 2 aromatic carbocycles. The lowest BCUT2D eigenvalue weighted by molar-refractivity contribution is -0.131. The third kappa shape index (κ3) is 5.43. The smallest absolute Gasteiger partial charge is 0.328 e. The van der Waals surface area contributed by atoms with Crippen LogP contribution in [-0.2, 0) is 11.3 Å². The zero-order valence-corrected chi connectivity index (χ0v) is 14.6. The third-order valence-electron chi connectivity index (χ3n) is 3.88. The Kier molecular flexibility index (Phi) is 5.84. The molecule has 1 amide bonds. The van der Waals surface area contributed by atoms with Gasteiger partial charge in [0.15, 0.2) is 5.96 Å². The van der Waals surface area contributed by atoms with Crippen molar-refractivity contribution in [2.75, 3.05) is 18.4 Å². The lowest BCUT2D eigenvalue weighted by Gasteiger charge is -2.09. The van der Waals surface area contributed by atoms with Crippen LogP contribution in [-0.4, -0.2) is 36.0 Å². The molecule has 0 bridgehead atoms. The summed E-state index contributed by atoms with van der Waals surface area (Å²) in [4.78, 5) is 27.3. The first kappa shape index (κ1) is 18.2. The molecule has 138 valence electrons. The highest BCUT2D eigenvalue weighted by atomic mass is 16.4. The van der Waals surface area contributed by atoms with Crippen LogP contribution in [0.15, 0.2) is 59.6 Å². The lowest BCUT2D eigenvalue weighted by Crippen LogP contribution is -2.26. The van der Waals surface area contributed by atoms with E-state index < -0.39 is 5.97 Å². The summed E-state index contributed by atoms with van der Waals surface area (Å²) < 4.78 is 0. The average molecular weight is 364 g/mol. The molecule has 0 atom stereocenters. The second kappa shape index (κ2) is 8.66. The van der Waals surface area contributed by atoms with Gasteiger partial charge in [0.1, 0.15) is 0 Å². The number of carboxylic acids is 1. The number of carbonyl (C=O) groups is 2. The number of nitrogens with zero attached hydrogens (tertiary/aromatic N) is 1. The van der Waals surface area contributed by atoms with Crippen LogP contribution in [0.1, 0.15) is 21.5 Å². The van der Waals surface area contributed by atoms with Crippen molar-refractivity contribution >= 4 is 29.6 Å². The van der Waals surface area contributed by atoms with Gasteiger partial charge < -0.3 is 21.1 Å². The fraction of sp³-hybridized carbons (Fsp3) is 0.150. The Hall–Kier alpha value is -3.61. The Morgan fingerprint density at radius 3 is 2.81 bits per heavy atom. The summed E-state index contributed by atoms with van der Waals surface area (Å²) in [6.45, 7) is 1.89. The van der Waals surface area contributed by atoms with Crippen molar-refractivity contribution in [3.05, 3.63) is 71.3 Å². The Balaban J connectivity index is 1.61. The molecular formula is C20H20N4O3. The van der Waals surface area contributed by atoms with Crippen molar-refractivity contribution in [2.45, 2.75) is 6.54 Å². The van der Waals surface area contributed by atoms with E-state index in [9.17, 15) is 9.59 Å². The summed E-state index contributed by atoms with van der Waals surface area (Å²) >= 11 is 0. The van der Waals surface area contributed by atoms with Crippen LogP contribution in [0.25, 0.3) is 6.08 Å². The molecule has 1 aliphatic heterocycles. The van der Waals surface area contributed by atoms with Crippen LogP contribution in [0.4, 0.5) is 5.69 Å². The molecule has 7 heteroatoms. The highest BCUT2D eigenvalue weighted by Gasteiger charge is 2.09. The number of aliphatic carboxylic acids is 1. The van der Waals surface area contributed by atoms with Gasteiger partial charge in [-0.15, -0.1) is 0 Å². The minimum absolute atomic E-state index is 0.188. The van der Waals surface area contributed by atoms with Crippen LogP contribution < -0.4 is 16.0 Å². The summed E-state index contributed by atoms with van der Waals surface area (Å²) in [5, 5.41) is 17.8. The van der Waals surface area contributed by atoms with Gasteiger partial charge in [0, 0.05) is 30.4 Å². The number of nitrogens with one attached hydrogen (secondary N) is 3. The molecule has 0 radical (unpaired) electrons. The molecule has 0 aromatic heterocycles. The summed E-state index contributed by atoms with van der Waals surface area (Å²) in [6.07, 6.45) is 2.60. The quantitative estimate of drug-likeness (QED) is 0.588. The first-order valence-electron chi connectivity index (χ1n) is 8.54. The molecule has 0 aliphatic carbocycles. The van der Waals surface area contributed by atoms with Crippen LogP contribution >= 0.6 is 0 Å². The van der Waals surface area contributed by atoms with Crippen molar-refractivity contribution in [1.82, 2.24) is 10.6 Å². The summed E-state index contributed by atoms with van der Waals surface area (Å²) in [5.41, 5.74) is 2.98. The van der Waals surface area contributed by atoms with E-state index in [-0.39, 0.29) is 5.91 Å². The van der Waals surface area contributed by atoms with E-state index in [1.165, 1.54) is 6.08 Å². The monoisotopic (exact) mass is 364 g/mol. The molecular weight excluding hydrogens is 344 g/mol. The maximum Gasteiger partial charge on any atom is 0.328 e. The summed E-state index contributed by atoms with van der Waals surface area (Å²) in [7, 11) is 0. The standard InChI is InChI=1S/C20H20N4O3/c25-18(26)8-7-14-3-1-4-15(11-14)13-23-19(27)16-5-2-6-17(12-16)24-20-21-9-10-22-20/h1-8,11-12H,9-10,13H2,(H,23,27)(H,25,26)(H2,21,22,24). The van der Waals surface area contributed by atoms with Crippen LogP contribution in [0.3, 0.4) is 0 Å². The number of anilines is 1. The molecule has 27 heavy (non-hydrogen) atoms. The van der Waals surface area contributed by atoms with E-state index in [1.807, 2.05) is 30.3 Å². The van der Waals surface area contributed by atoms with E-state index in [0.29, 0.717) is 18.1 Å². The molecule has 0 saturated heterocycles. The maximum absolute atomic E-state index is 12.4. The Bertz CT molecular complexity index is 906. The zero-order chi connectivity index (χ0) is 19.1. The zero-order valence-electron chi connectivity index (χ0n) is 14.6. The topological polar surface area (TPSA) is 103 Å². The molecule has 0 spiro atoms. The number of aliphatic imine (C=N–C) groups is 1. The number of hydrogen-bond acceptors (Lipinski definition) is 5. The Morgan fingerprint density at radius 2 is 2.04 bits per heavy atom. The van der Waals surface area contributed by atoms with E-state index in [0.717, 1.165) is 36.0 Å². The van der Waals surface area contributed by atoms with Crippen molar-refractivity contribution in [3.63, 3.8) is 0 Å². The van der Waals surface area contributed by atoms with Gasteiger partial charge in [-0.1, -0.05) is 24.3 Å². The number of carboxylic acid groups (broad SMARTS) is 1. The maximum atomic E-state index is 12.4. The van der Waals surface area contributed by atoms with Crippen LogP contribution in [0.5, 0.6) is 0 Å². The van der Waals surface area contributed by atoms with Crippen molar-refractivity contribution in [2.24, 2.45) is 4.99 Å². The molecule has 2 aromatic rings. The van der Waals surface area contributed by atoms with Gasteiger partial charge in [0.25, 0.3) is 5.91 Å². The molecule has 1 aliphatic rings. The van der Waals surface area contributed by atoms with E-state index >= 15 is 0 Å². The molecule has 7 nitrogen and oxygen atoms in total. The van der Waals surface area contributed by atoms with Crippen LogP contribution in [0.2, 0.25) is 0 Å². The molecule has 3 rings (SSSR count). The predicted molar refractivity (Wildman–Crippen MR) is 105 cm³/mol. The highest BCUT2D eigenvalue weighted by Crippen LogP contribution is 2.12. The predicted octanol–water partition coefficient (Wildman–Crippen LogP) is 2.09. The fourth-order valence-electron chi connectivity index (χ4n) is 2.62. The summed E-state index contributed by atoms with van der Waals surface area (Å²) in [5.74, 6) is -0.480. The second-order valence-corrected chi connectivity index (χ2v) is 5.96. The molecule has 1 heterocycles. The SMILES string of the molecule is O=C(O)C=Cc1cccc(CNC(=O)c2cccc(NC3=NCCN3)c2)c1. The minimum atomic E-state index is -0.999. The number of guanidine groups is 1. The van der Waals surface area contributed by atoms with Crippen molar-refractivity contribution < 1.29 is 14.7 Å². The van der Waals surface area contributed by atoms with Gasteiger partial charge in [-0.3, -0.25) is 9.79 Å².